The van der Waals surface area contributed by atoms with E-state index in [1.807, 2.05) is 63.2 Å². The van der Waals surface area contributed by atoms with E-state index in [-0.39, 0.29) is 52.7 Å². The number of rotatable bonds is 8. The first-order chi connectivity index (χ1) is 15.6. The molecule has 1 N–H and O–H groups in total. The Morgan fingerprint density at radius 2 is 1.79 bits per heavy atom. The minimum Gasteiger partial charge on any atom is -0.373 e. The van der Waals surface area contributed by atoms with Crippen LogP contribution in [0.4, 0.5) is 0 Å². The third-order valence-corrected chi connectivity index (χ3v) is 7.76. The molecule has 0 spiro atoms. The van der Waals surface area contributed by atoms with Crippen LogP contribution < -0.4 is 5.32 Å². The van der Waals surface area contributed by atoms with Crippen LogP contribution in [0.1, 0.15) is 29.8 Å². The van der Waals surface area contributed by atoms with Gasteiger partial charge in [0.1, 0.15) is 4.90 Å². The van der Waals surface area contributed by atoms with Crippen molar-refractivity contribution in [3.8, 4) is 0 Å². The Balaban J connectivity index is 1.82. The SMILES string of the molecule is CC1CN(S(=O)(=O)c2cc(C(=O)NC(Cc3ccccc3)CN(C)C)ccc2Cl)CC(C)O1. The molecule has 2 aromatic carbocycles. The van der Waals surface area contributed by atoms with Gasteiger partial charge in [-0.25, -0.2) is 8.42 Å². The Labute approximate surface area is 201 Å². The lowest BCUT2D eigenvalue weighted by atomic mass is 10.0. The molecule has 1 aliphatic heterocycles. The predicted octanol–water partition coefficient (Wildman–Crippen LogP) is 3.04. The van der Waals surface area contributed by atoms with E-state index in [0.717, 1.165) is 5.56 Å². The summed E-state index contributed by atoms with van der Waals surface area (Å²) >= 11 is 6.28. The maximum absolute atomic E-state index is 13.3. The summed E-state index contributed by atoms with van der Waals surface area (Å²) in [7, 11) is 0.0143. The van der Waals surface area contributed by atoms with Gasteiger partial charge in [-0.1, -0.05) is 41.9 Å². The summed E-state index contributed by atoms with van der Waals surface area (Å²) in [6.45, 7) is 4.79. The average Bonchev–Trinajstić information content (AvgIpc) is 2.73. The molecule has 1 saturated heterocycles. The fourth-order valence-electron chi connectivity index (χ4n) is 4.08. The minimum atomic E-state index is -3.88. The van der Waals surface area contributed by atoms with Crippen molar-refractivity contribution in [1.29, 1.82) is 0 Å². The Morgan fingerprint density at radius 3 is 2.39 bits per heavy atom. The molecular formula is C24H32ClN3O4S. The summed E-state index contributed by atoms with van der Waals surface area (Å²) in [4.78, 5) is 15.0. The number of benzene rings is 2. The maximum atomic E-state index is 13.3. The molecule has 1 amide bonds. The van der Waals surface area contributed by atoms with Crippen LogP contribution in [0.2, 0.25) is 5.02 Å². The van der Waals surface area contributed by atoms with Crippen molar-refractivity contribution in [2.24, 2.45) is 0 Å². The van der Waals surface area contributed by atoms with Crippen molar-refractivity contribution >= 4 is 27.5 Å². The second kappa shape index (κ2) is 11.0. The molecule has 7 nitrogen and oxygen atoms in total. The van der Waals surface area contributed by atoms with Gasteiger partial charge in [-0.15, -0.1) is 0 Å². The third kappa shape index (κ3) is 6.77. The molecule has 3 rings (SSSR count). The lowest BCUT2D eigenvalue weighted by Gasteiger charge is -2.34. The zero-order valence-corrected chi connectivity index (χ0v) is 21.1. The number of carbonyl (C=O) groups excluding carboxylic acids is 1. The number of hydrogen-bond acceptors (Lipinski definition) is 5. The van der Waals surface area contributed by atoms with Gasteiger partial charge >= 0.3 is 0 Å². The third-order valence-electron chi connectivity index (χ3n) is 5.44. The molecule has 2 aromatic rings. The number of halogens is 1. The van der Waals surface area contributed by atoms with E-state index in [1.165, 1.54) is 16.4 Å². The zero-order chi connectivity index (χ0) is 24.2. The molecule has 1 heterocycles. The average molecular weight is 494 g/mol. The predicted molar refractivity (Wildman–Crippen MR) is 130 cm³/mol. The van der Waals surface area contributed by atoms with Crippen molar-refractivity contribution in [2.45, 2.75) is 43.4 Å². The molecule has 1 aliphatic rings. The van der Waals surface area contributed by atoms with Crippen LogP contribution in [0.25, 0.3) is 0 Å². The largest absolute Gasteiger partial charge is 0.373 e. The molecule has 0 radical (unpaired) electrons. The Hall–Kier alpha value is -1.97. The molecule has 3 atom stereocenters. The molecule has 1 fully saturated rings. The highest BCUT2D eigenvalue weighted by molar-refractivity contribution is 7.89. The van der Waals surface area contributed by atoms with Crippen molar-refractivity contribution in [3.63, 3.8) is 0 Å². The number of amides is 1. The first kappa shape index (κ1) is 25.6. The van der Waals surface area contributed by atoms with E-state index in [0.29, 0.717) is 13.0 Å². The van der Waals surface area contributed by atoms with Gasteiger partial charge in [0.25, 0.3) is 5.91 Å². The van der Waals surface area contributed by atoms with Gasteiger partial charge < -0.3 is 15.0 Å². The number of hydrogen-bond donors (Lipinski definition) is 1. The van der Waals surface area contributed by atoms with Crippen molar-refractivity contribution < 1.29 is 17.9 Å². The van der Waals surface area contributed by atoms with E-state index < -0.39 is 10.0 Å². The van der Waals surface area contributed by atoms with E-state index >= 15 is 0 Å². The van der Waals surface area contributed by atoms with Crippen molar-refractivity contribution in [1.82, 2.24) is 14.5 Å². The van der Waals surface area contributed by atoms with Gasteiger partial charge in [-0.05, 0) is 58.1 Å². The van der Waals surface area contributed by atoms with Gasteiger partial charge in [-0.2, -0.15) is 4.31 Å². The number of likely N-dealkylation sites (N-methyl/N-ethyl adjacent to an activating group) is 1. The normalized spacial score (nSPS) is 20.5. The van der Waals surface area contributed by atoms with Gasteiger partial charge in [0.05, 0.1) is 17.2 Å². The molecule has 180 valence electrons. The molecule has 33 heavy (non-hydrogen) atoms. The lowest BCUT2D eigenvalue weighted by molar-refractivity contribution is -0.0440. The lowest BCUT2D eigenvalue weighted by Crippen LogP contribution is -2.48. The quantitative estimate of drug-likeness (QED) is 0.611. The topological polar surface area (TPSA) is 79.0 Å². The van der Waals surface area contributed by atoms with E-state index in [9.17, 15) is 13.2 Å². The minimum absolute atomic E-state index is 0.0645. The number of nitrogens with zero attached hydrogens (tertiary/aromatic N) is 2. The number of nitrogens with one attached hydrogen (secondary N) is 1. The molecule has 9 heteroatoms. The summed E-state index contributed by atoms with van der Waals surface area (Å²) in [6.07, 6.45) is 0.213. The smallest absolute Gasteiger partial charge is 0.251 e. The number of morpholine rings is 1. The van der Waals surface area contributed by atoms with Crippen LogP contribution in [0.15, 0.2) is 53.4 Å². The molecule has 0 saturated carbocycles. The van der Waals surface area contributed by atoms with Gasteiger partial charge in [0.15, 0.2) is 0 Å². The van der Waals surface area contributed by atoms with Crippen LogP contribution in [-0.4, -0.2) is 75.5 Å². The fraction of sp³-hybridized carbons (Fsp3) is 0.458. The van der Waals surface area contributed by atoms with Crippen molar-refractivity contribution in [3.05, 3.63) is 64.7 Å². The molecular weight excluding hydrogens is 462 g/mol. The van der Waals surface area contributed by atoms with Crippen LogP contribution in [0, 0.1) is 0 Å². The summed E-state index contributed by atoms with van der Waals surface area (Å²) in [5, 5.41) is 3.14. The Bertz CT molecular complexity index is 1050. The summed E-state index contributed by atoms with van der Waals surface area (Å²) in [5.41, 5.74) is 1.36. The highest BCUT2D eigenvalue weighted by Gasteiger charge is 2.34. The summed E-state index contributed by atoms with van der Waals surface area (Å²) in [6, 6.07) is 14.2. The van der Waals surface area contributed by atoms with E-state index in [4.69, 9.17) is 16.3 Å². The van der Waals surface area contributed by atoms with Crippen LogP contribution >= 0.6 is 11.6 Å². The standard InChI is InChI=1S/C24H32ClN3O4S/c1-17-14-28(15-18(2)32-17)33(30,31)23-13-20(10-11-22(23)25)24(29)26-21(16-27(3)4)12-19-8-6-5-7-9-19/h5-11,13,17-18,21H,12,14-16H2,1-4H3,(H,26,29). The summed E-state index contributed by atoms with van der Waals surface area (Å²) < 4.78 is 33.7. The second-order valence-corrected chi connectivity index (χ2v) is 11.2. The molecule has 0 bridgehead atoms. The van der Waals surface area contributed by atoms with Gasteiger partial charge in [-0.3, -0.25) is 4.79 Å². The van der Waals surface area contributed by atoms with Crippen LogP contribution in [0.3, 0.4) is 0 Å². The number of ether oxygens (including phenoxy) is 1. The Morgan fingerprint density at radius 1 is 1.15 bits per heavy atom. The van der Waals surface area contributed by atoms with Gasteiger partial charge in [0, 0.05) is 31.2 Å². The fourth-order valence-corrected chi connectivity index (χ4v) is 6.17. The highest BCUT2D eigenvalue weighted by Crippen LogP contribution is 2.28. The maximum Gasteiger partial charge on any atom is 0.251 e. The van der Waals surface area contributed by atoms with E-state index in [1.54, 1.807) is 6.07 Å². The monoisotopic (exact) mass is 493 g/mol. The molecule has 0 aliphatic carbocycles. The Kier molecular flexibility index (Phi) is 8.53. The van der Waals surface area contributed by atoms with Gasteiger partial charge in [0.2, 0.25) is 10.0 Å². The highest BCUT2D eigenvalue weighted by atomic mass is 35.5. The van der Waals surface area contributed by atoms with E-state index in [2.05, 4.69) is 5.32 Å². The second-order valence-electron chi connectivity index (χ2n) is 8.85. The summed E-state index contributed by atoms with van der Waals surface area (Å²) in [5.74, 6) is -0.338. The van der Waals surface area contributed by atoms with Crippen LogP contribution in [0.5, 0.6) is 0 Å². The number of sulfonamides is 1. The number of carbonyl (C=O) groups is 1. The molecule has 0 aromatic heterocycles. The van der Waals surface area contributed by atoms with Crippen LogP contribution in [-0.2, 0) is 21.2 Å². The first-order valence-corrected chi connectivity index (χ1v) is 12.8. The van der Waals surface area contributed by atoms with Crippen molar-refractivity contribution in [2.75, 3.05) is 33.7 Å². The zero-order valence-electron chi connectivity index (χ0n) is 19.5. The first-order valence-electron chi connectivity index (χ1n) is 11.0. The molecule has 3 unspecified atom stereocenters.